The Bertz CT molecular complexity index is 333. The third-order valence-electron chi connectivity index (χ3n) is 1.32. The van der Waals surface area contributed by atoms with Crippen molar-refractivity contribution in [1.29, 1.82) is 0 Å². The van der Waals surface area contributed by atoms with Crippen LogP contribution >= 0.6 is 11.6 Å². The molecular formula is C7H5ClFN3. The molecule has 0 N–H and O–H groups in total. The molecule has 5 heteroatoms. The van der Waals surface area contributed by atoms with E-state index < -0.39 is 5.82 Å². The minimum atomic E-state index is -0.449. The third-order valence-corrected chi connectivity index (χ3v) is 1.55. The summed E-state index contributed by atoms with van der Waals surface area (Å²) >= 11 is 5.51. The normalized spacial score (nSPS) is 9.17. The van der Waals surface area contributed by atoms with Gasteiger partial charge in [-0.15, -0.1) is 0 Å². The summed E-state index contributed by atoms with van der Waals surface area (Å²) in [6.45, 7) is 0.0134. The Kier molecular flexibility index (Phi) is 2.91. The van der Waals surface area contributed by atoms with Gasteiger partial charge in [-0.1, -0.05) is 22.8 Å². The fourth-order valence-electron chi connectivity index (χ4n) is 0.758. The molecule has 0 saturated heterocycles. The predicted molar refractivity (Wildman–Crippen MR) is 44.3 cm³/mol. The molecule has 0 unspecified atom stereocenters. The second kappa shape index (κ2) is 3.95. The Balaban J connectivity index is 2.93. The zero-order valence-electron chi connectivity index (χ0n) is 6.04. The van der Waals surface area contributed by atoms with Gasteiger partial charge in [-0.3, -0.25) is 0 Å². The maximum Gasteiger partial charge on any atom is 0.128 e. The lowest BCUT2D eigenvalue weighted by Crippen LogP contribution is -1.86. The van der Waals surface area contributed by atoms with Crippen molar-refractivity contribution in [3.05, 3.63) is 45.0 Å². The largest absolute Gasteiger partial charge is 0.207 e. The van der Waals surface area contributed by atoms with E-state index in [1.807, 2.05) is 0 Å². The second-order valence-corrected chi connectivity index (χ2v) is 2.56. The quantitative estimate of drug-likeness (QED) is 0.386. The van der Waals surface area contributed by atoms with Gasteiger partial charge in [0, 0.05) is 9.93 Å². The minimum absolute atomic E-state index is 0.0134. The standard InChI is InChI=1S/C7H5ClFN3/c8-6-2-1-5(4-11-12-10)7(9)3-6/h1-3H,4H2. The van der Waals surface area contributed by atoms with Gasteiger partial charge in [-0.05, 0) is 23.2 Å². The van der Waals surface area contributed by atoms with Crippen LogP contribution in [0, 0.1) is 5.82 Å². The van der Waals surface area contributed by atoms with E-state index in [1.54, 1.807) is 6.07 Å². The van der Waals surface area contributed by atoms with Crippen LogP contribution in [0.4, 0.5) is 4.39 Å². The fourth-order valence-corrected chi connectivity index (χ4v) is 0.917. The number of rotatable bonds is 2. The van der Waals surface area contributed by atoms with E-state index >= 15 is 0 Å². The molecule has 0 heterocycles. The number of halogens is 2. The molecule has 0 bridgehead atoms. The predicted octanol–water partition coefficient (Wildman–Crippen LogP) is 3.29. The molecule has 1 aromatic rings. The lowest BCUT2D eigenvalue weighted by molar-refractivity contribution is 0.610. The summed E-state index contributed by atoms with van der Waals surface area (Å²) in [6, 6.07) is 4.23. The van der Waals surface area contributed by atoms with Gasteiger partial charge in [0.1, 0.15) is 5.82 Å². The van der Waals surface area contributed by atoms with Gasteiger partial charge >= 0.3 is 0 Å². The first-order chi connectivity index (χ1) is 5.74. The highest BCUT2D eigenvalue weighted by Gasteiger charge is 2.00. The molecule has 0 spiro atoms. The summed E-state index contributed by atoms with van der Waals surface area (Å²) in [5, 5.41) is 3.56. The monoisotopic (exact) mass is 185 g/mol. The molecule has 0 aromatic heterocycles. The van der Waals surface area contributed by atoms with E-state index in [1.165, 1.54) is 12.1 Å². The van der Waals surface area contributed by atoms with Crippen LogP contribution in [0.25, 0.3) is 10.4 Å². The van der Waals surface area contributed by atoms with Crippen molar-refractivity contribution in [3.63, 3.8) is 0 Å². The van der Waals surface area contributed by atoms with E-state index in [-0.39, 0.29) is 6.54 Å². The molecule has 1 rings (SSSR count). The highest BCUT2D eigenvalue weighted by atomic mass is 35.5. The molecule has 0 saturated carbocycles. The zero-order chi connectivity index (χ0) is 8.97. The molecule has 3 nitrogen and oxygen atoms in total. The lowest BCUT2D eigenvalue weighted by atomic mass is 10.2. The Morgan fingerprint density at radius 2 is 2.33 bits per heavy atom. The van der Waals surface area contributed by atoms with Crippen LogP contribution in [0.1, 0.15) is 5.56 Å². The number of benzene rings is 1. The summed E-state index contributed by atoms with van der Waals surface area (Å²) in [5.74, 6) is -0.449. The molecule has 0 atom stereocenters. The Hall–Kier alpha value is -1.25. The SMILES string of the molecule is [N-]=[N+]=NCc1ccc(Cl)cc1F. The molecule has 0 aliphatic rings. The van der Waals surface area contributed by atoms with Gasteiger partial charge in [0.2, 0.25) is 0 Å². The van der Waals surface area contributed by atoms with E-state index in [4.69, 9.17) is 17.1 Å². The summed E-state index contributed by atoms with van der Waals surface area (Å²) in [7, 11) is 0. The second-order valence-electron chi connectivity index (χ2n) is 2.12. The van der Waals surface area contributed by atoms with Gasteiger partial charge in [0.15, 0.2) is 0 Å². The van der Waals surface area contributed by atoms with Gasteiger partial charge in [-0.2, -0.15) is 0 Å². The average Bonchev–Trinajstić information content (AvgIpc) is 2.03. The summed E-state index contributed by atoms with van der Waals surface area (Å²) in [4.78, 5) is 2.52. The number of azide groups is 1. The van der Waals surface area contributed by atoms with Crippen molar-refractivity contribution < 1.29 is 4.39 Å². The first-order valence-corrected chi connectivity index (χ1v) is 3.56. The number of hydrogen-bond donors (Lipinski definition) is 0. The van der Waals surface area contributed by atoms with E-state index in [9.17, 15) is 4.39 Å². The molecule has 1 aromatic carbocycles. The molecule has 0 aliphatic heterocycles. The lowest BCUT2D eigenvalue weighted by Gasteiger charge is -1.97. The fraction of sp³-hybridized carbons (Fsp3) is 0.143. The van der Waals surface area contributed by atoms with Crippen molar-refractivity contribution in [3.8, 4) is 0 Å². The molecule has 0 fully saturated rings. The molecule has 0 radical (unpaired) electrons. The summed E-state index contributed by atoms with van der Waals surface area (Å²) < 4.78 is 12.9. The first kappa shape index (κ1) is 8.84. The van der Waals surface area contributed by atoms with Crippen LogP contribution < -0.4 is 0 Å². The highest BCUT2D eigenvalue weighted by molar-refractivity contribution is 6.30. The maximum absolute atomic E-state index is 12.9. The van der Waals surface area contributed by atoms with E-state index in [0.717, 1.165) is 0 Å². The van der Waals surface area contributed by atoms with Gasteiger partial charge in [0.05, 0.1) is 6.54 Å². The van der Waals surface area contributed by atoms with Crippen molar-refractivity contribution >= 4 is 11.6 Å². The number of hydrogen-bond acceptors (Lipinski definition) is 1. The van der Waals surface area contributed by atoms with Crippen LogP contribution in [0.3, 0.4) is 0 Å². The Labute approximate surface area is 73.4 Å². The van der Waals surface area contributed by atoms with Crippen molar-refractivity contribution in [2.24, 2.45) is 5.11 Å². The molecule has 0 amide bonds. The van der Waals surface area contributed by atoms with Gasteiger partial charge in [-0.25, -0.2) is 4.39 Å². The maximum atomic E-state index is 12.9. The van der Waals surface area contributed by atoms with Crippen molar-refractivity contribution in [2.45, 2.75) is 6.54 Å². The molecule has 12 heavy (non-hydrogen) atoms. The molecule has 0 aliphatic carbocycles. The average molecular weight is 186 g/mol. The van der Waals surface area contributed by atoms with Crippen LogP contribution in [0.15, 0.2) is 23.3 Å². The van der Waals surface area contributed by atoms with E-state index in [2.05, 4.69) is 10.0 Å². The molecule has 62 valence electrons. The topological polar surface area (TPSA) is 48.8 Å². The van der Waals surface area contributed by atoms with Crippen LogP contribution in [0.2, 0.25) is 5.02 Å². The van der Waals surface area contributed by atoms with Crippen molar-refractivity contribution in [1.82, 2.24) is 0 Å². The number of nitrogens with zero attached hydrogens (tertiary/aromatic N) is 3. The van der Waals surface area contributed by atoms with E-state index in [0.29, 0.717) is 10.6 Å². The highest BCUT2D eigenvalue weighted by Crippen LogP contribution is 2.15. The van der Waals surface area contributed by atoms with Crippen LogP contribution in [0.5, 0.6) is 0 Å². The summed E-state index contributed by atoms with van der Waals surface area (Å²) in [5.41, 5.74) is 8.33. The Morgan fingerprint density at radius 1 is 1.58 bits per heavy atom. The van der Waals surface area contributed by atoms with Crippen molar-refractivity contribution in [2.75, 3.05) is 0 Å². The Morgan fingerprint density at radius 3 is 2.92 bits per heavy atom. The van der Waals surface area contributed by atoms with Crippen LogP contribution in [-0.2, 0) is 6.54 Å². The summed E-state index contributed by atoms with van der Waals surface area (Å²) in [6.07, 6.45) is 0. The van der Waals surface area contributed by atoms with Gasteiger partial charge in [0.25, 0.3) is 0 Å². The van der Waals surface area contributed by atoms with Crippen LogP contribution in [-0.4, -0.2) is 0 Å². The minimum Gasteiger partial charge on any atom is -0.207 e. The van der Waals surface area contributed by atoms with Gasteiger partial charge < -0.3 is 0 Å². The zero-order valence-corrected chi connectivity index (χ0v) is 6.79. The molecular weight excluding hydrogens is 181 g/mol. The smallest absolute Gasteiger partial charge is 0.128 e. The first-order valence-electron chi connectivity index (χ1n) is 3.19. The third kappa shape index (κ3) is 2.12.